The lowest BCUT2D eigenvalue weighted by atomic mass is 10.1. The SMILES string of the molecule is Cc1cscc1OCC(O)CNC(C)(C)C. The molecule has 0 aromatic carbocycles. The van der Waals surface area contributed by atoms with Crippen molar-refractivity contribution in [3.05, 3.63) is 16.3 Å². The number of ether oxygens (including phenoxy) is 1. The van der Waals surface area contributed by atoms with Crippen LogP contribution < -0.4 is 10.1 Å². The highest BCUT2D eigenvalue weighted by atomic mass is 32.1. The number of aryl methyl sites for hydroxylation is 1. The molecule has 92 valence electrons. The van der Waals surface area contributed by atoms with Crippen molar-refractivity contribution in [3.63, 3.8) is 0 Å². The lowest BCUT2D eigenvalue weighted by molar-refractivity contribution is 0.1000. The number of hydrogen-bond acceptors (Lipinski definition) is 4. The van der Waals surface area contributed by atoms with Crippen molar-refractivity contribution in [1.82, 2.24) is 5.32 Å². The molecular formula is C12H21NO2S. The van der Waals surface area contributed by atoms with E-state index < -0.39 is 6.10 Å². The fourth-order valence-corrected chi connectivity index (χ4v) is 1.93. The highest BCUT2D eigenvalue weighted by molar-refractivity contribution is 7.08. The van der Waals surface area contributed by atoms with Gasteiger partial charge in [-0.3, -0.25) is 0 Å². The van der Waals surface area contributed by atoms with Crippen LogP contribution in [0.1, 0.15) is 26.3 Å². The van der Waals surface area contributed by atoms with E-state index in [1.54, 1.807) is 11.3 Å². The summed E-state index contributed by atoms with van der Waals surface area (Å²) < 4.78 is 5.52. The van der Waals surface area contributed by atoms with Gasteiger partial charge in [-0.2, -0.15) is 0 Å². The van der Waals surface area contributed by atoms with E-state index in [0.29, 0.717) is 13.2 Å². The molecule has 0 spiro atoms. The summed E-state index contributed by atoms with van der Waals surface area (Å²) in [6.45, 7) is 9.11. The lowest BCUT2D eigenvalue weighted by Gasteiger charge is -2.22. The van der Waals surface area contributed by atoms with Gasteiger partial charge in [0.25, 0.3) is 0 Å². The Bertz CT molecular complexity index is 317. The molecule has 0 aliphatic rings. The molecular weight excluding hydrogens is 222 g/mol. The fraction of sp³-hybridized carbons (Fsp3) is 0.667. The van der Waals surface area contributed by atoms with E-state index in [0.717, 1.165) is 11.3 Å². The molecule has 0 bridgehead atoms. The summed E-state index contributed by atoms with van der Waals surface area (Å²) in [5, 5.41) is 17.0. The molecule has 0 saturated heterocycles. The maximum absolute atomic E-state index is 9.72. The van der Waals surface area contributed by atoms with E-state index in [9.17, 15) is 5.11 Å². The molecule has 1 aromatic rings. The molecule has 0 amide bonds. The van der Waals surface area contributed by atoms with Gasteiger partial charge in [0.1, 0.15) is 18.5 Å². The van der Waals surface area contributed by atoms with Crippen LogP contribution in [0.4, 0.5) is 0 Å². The fourth-order valence-electron chi connectivity index (χ4n) is 1.17. The van der Waals surface area contributed by atoms with Crippen LogP contribution in [-0.2, 0) is 0 Å². The first kappa shape index (κ1) is 13.5. The van der Waals surface area contributed by atoms with Crippen LogP contribution in [0.25, 0.3) is 0 Å². The molecule has 0 radical (unpaired) electrons. The van der Waals surface area contributed by atoms with Crippen LogP contribution in [0, 0.1) is 6.92 Å². The third kappa shape index (κ3) is 4.96. The topological polar surface area (TPSA) is 41.5 Å². The minimum atomic E-state index is -0.474. The van der Waals surface area contributed by atoms with Crippen LogP contribution >= 0.6 is 11.3 Å². The van der Waals surface area contributed by atoms with E-state index >= 15 is 0 Å². The number of thiophene rings is 1. The highest BCUT2D eigenvalue weighted by Gasteiger charge is 2.12. The van der Waals surface area contributed by atoms with Crippen molar-refractivity contribution >= 4 is 11.3 Å². The molecule has 0 fully saturated rings. The molecule has 4 heteroatoms. The van der Waals surface area contributed by atoms with E-state index in [4.69, 9.17) is 4.74 Å². The standard InChI is InChI=1S/C12H21NO2S/c1-9-7-16-8-11(9)15-6-10(14)5-13-12(2,3)4/h7-8,10,13-14H,5-6H2,1-4H3. The Morgan fingerprint density at radius 2 is 2.12 bits per heavy atom. The third-order valence-corrected chi connectivity index (χ3v) is 2.95. The van der Waals surface area contributed by atoms with Crippen molar-refractivity contribution in [3.8, 4) is 5.75 Å². The zero-order valence-electron chi connectivity index (χ0n) is 10.4. The van der Waals surface area contributed by atoms with Crippen molar-refractivity contribution in [2.75, 3.05) is 13.2 Å². The average molecular weight is 243 g/mol. The monoisotopic (exact) mass is 243 g/mol. The van der Waals surface area contributed by atoms with Crippen LogP contribution in [-0.4, -0.2) is 29.9 Å². The van der Waals surface area contributed by atoms with Gasteiger partial charge in [0, 0.05) is 23.0 Å². The molecule has 0 aliphatic carbocycles. The van der Waals surface area contributed by atoms with Gasteiger partial charge in [-0.1, -0.05) is 0 Å². The number of hydrogen-bond donors (Lipinski definition) is 2. The Labute approximate surface area is 101 Å². The summed E-state index contributed by atoms with van der Waals surface area (Å²) in [5.41, 5.74) is 1.15. The van der Waals surface area contributed by atoms with Crippen molar-refractivity contribution in [1.29, 1.82) is 0 Å². The largest absolute Gasteiger partial charge is 0.490 e. The van der Waals surface area contributed by atoms with E-state index in [1.807, 2.05) is 17.7 Å². The quantitative estimate of drug-likeness (QED) is 0.833. The predicted molar refractivity (Wildman–Crippen MR) is 68.3 cm³/mol. The van der Waals surface area contributed by atoms with Crippen molar-refractivity contribution in [2.45, 2.75) is 39.3 Å². The Hall–Kier alpha value is -0.580. The molecule has 0 aliphatic heterocycles. The summed E-state index contributed by atoms with van der Waals surface area (Å²) in [6.07, 6.45) is -0.474. The Morgan fingerprint density at radius 3 is 2.62 bits per heavy atom. The Kier molecular flexibility index (Phi) is 4.77. The van der Waals surface area contributed by atoms with Crippen LogP contribution in [0.15, 0.2) is 10.8 Å². The maximum Gasteiger partial charge on any atom is 0.133 e. The third-order valence-electron chi connectivity index (χ3n) is 2.11. The van der Waals surface area contributed by atoms with Crippen molar-refractivity contribution in [2.24, 2.45) is 0 Å². The summed E-state index contributed by atoms with van der Waals surface area (Å²) in [5.74, 6) is 0.875. The van der Waals surface area contributed by atoms with E-state index in [-0.39, 0.29) is 5.54 Å². The molecule has 0 saturated carbocycles. The first-order valence-corrected chi connectivity index (χ1v) is 6.41. The Balaban J connectivity index is 2.25. The second kappa shape index (κ2) is 5.66. The van der Waals surface area contributed by atoms with Gasteiger partial charge in [-0.15, -0.1) is 11.3 Å². The minimum Gasteiger partial charge on any atom is -0.490 e. The number of nitrogens with one attached hydrogen (secondary N) is 1. The summed E-state index contributed by atoms with van der Waals surface area (Å²) >= 11 is 1.61. The van der Waals surface area contributed by atoms with Gasteiger partial charge in [-0.05, 0) is 33.1 Å². The zero-order chi connectivity index (χ0) is 12.2. The van der Waals surface area contributed by atoms with E-state index in [2.05, 4.69) is 26.1 Å². The smallest absolute Gasteiger partial charge is 0.133 e. The number of aliphatic hydroxyl groups excluding tert-OH is 1. The summed E-state index contributed by atoms with van der Waals surface area (Å²) in [7, 11) is 0. The number of rotatable bonds is 5. The second-order valence-corrected chi connectivity index (χ2v) is 5.76. The lowest BCUT2D eigenvalue weighted by Crippen LogP contribution is -2.42. The second-order valence-electron chi connectivity index (χ2n) is 5.01. The van der Waals surface area contributed by atoms with Gasteiger partial charge >= 0.3 is 0 Å². The van der Waals surface area contributed by atoms with Gasteiger partial charge in [0.15, 0.2) is 0 Å². The summed E-state index contributed by atoms with van der Waals surface area (Å²) in [6, 6.07) is 0. The van der Waals surface area contributed by atoms with Gasteiger partial charge in [0.05, 0.1) is 0 Å². The minimum absolute atomic E-state index is 0.0271. The number of β-amino-alcohol motifs (C(OH)–C–C–N with tert-alkyl or cyclic N) is 1. The molecule has 1 unspecified atom stereocenters. The van der Waals surface area contributed by atoms with Gasteiger partial charge < -0.3 is 15.2 Å². The van der Waals surface area contributed by atoms with Crippen molar-refractivity contribution < 1.29 is 9.84 Å². The van der Waals surface area contributed by atoms with Crippen LogP contribution in [0.3, 0.4) is 0 Å². The molecule has 2 N–H and O–H groups in total. The predicted octanol–water partition coefficient (Wildman–Crippen LogP) is 2.18. The first-order valence-electron chi connectivity index (χ1n) is 5.47. The van der Waals surface area contributed by atoms with Gasteiger partial charge in [-0.25, -0.2) is 0 Å². The zero-order valence-corrected chi connectivity index (χ0v) is 11.2. The Morgan fingerprint density at radius 1 is 1.44 bits per heavy atom. The van der Waals surface area contributed by atoms with Gasteiger partial charge in [0.2, 0.25) is 0 Å². The van der Waals surface area contributed by atoms with Crippen LogP contribution in [0.5, 0.6) is 5.75 Å². The average Bonchev–Trinajstić information content (AvgIpc) is 2.57. The molecule has 1 atom stereocenters. The first-order chi connectivity index (χ1) is 7.38. The summed E-state index contributed by atoms with van der Waals surface area (Å²) in [4.78, 5) is 0. The van der Waals surface area contributed by atoms with E-state index in [1.165, 1.54) is 0 Å². The molecule has 1 aromatic heterocycles. The maximum atomic E-state index is 9.72. The highest BCUT2D eigenvalue weighted by Crippen LogP contribution is 2.22. The van der Waals surface area contributed by atoms with Crippen LogP contribution in [0.2, 0.25) is 0 Å². The molecule has 3 nitrogen and oxygen atoms in total. The normalized spacial score (nSPS) is 13.8. The molecule has 1 heterocycles. The molecule has 1 rings (SSSR count). The number of aliphatic hydroxyl groups is 1. The molecule has 16 heavy (non-hydrogen) atoms.